The Labute approximate surface area is 164 Å². The van der Waals surface area contributed by atoms with E-state index in [1.165, 1.54) is 19.6 Å². The Morgan fingerprint density at radius 1 is 1.32 bits per heavy atom. The number of esters is 2. The number of rotatable bonds is 3. The second kappa shape index (κ2) is 6.08. The lowest BCUT2D eigenvalue weighted by Crippen LogP contribution is -2.57. The number of carbonyl (C=O) groups is 2. The molecule has 1 spiro atoms. The highest BCUT2D eigenvalue weighted by Gasteiger charge is 2.63. The number of hydrogen-bond donors (Lipinski definition) is 1. The lowest BCUT2D eigenvalue weighted by molar-refractivity contribution is -0.151. The van der Waals surface area contributed by atoms with Crippen LogP contribution in [0.4, 0.5) is 5.69 Å². The van der Waals surface area contributed by atoms with Gasteiger partial charge in [-0.3, -0.25) is 9.69 Å². The molecule has 4 aliphatic rings. The summed E-state index contributed by atoms with van der Waals surface area (Å²) in [5, 5.41) is 3.59. The summed E-state index contributed by atoms with van der Waals surface area (Å²) in [5.41, 5.74) is 4.00. The number of ether oxygens (including phenoxy) is 2. The van der Waals surface area contributed by atoms with Gasteiger partial charge in [0.15, 0.2) is 0 Å². The van der Waals surface area contributed by atoms with Gasteiger partial charge in [-0.15, -0.1) is 0 Å². The van der Waals surface area contributed by atoms with Gasteiger partial charge in [0.05, 0.1) is 18.1 Å². The number of fused-ring (bicyclic) bond motifs is 2. The SMILES string of the molecule is COC(=O)C1=C2Nc3ccccc3[C@]23CCN2C[C@@H]([C@H](C)OC(C)=O)[C@H]1C[C@@H]23. The Morgan fingerprint density at radius 2 is 2.11 bits per heavy atom. The van der Waals surface area contributed by atoms with Gasteiger partial charge in [-0.05, 0) is 37.9 Å². The first kappa shape index (κ1) is 17.7. The predicted molar refractivity (Wildman–Crippen MR) is 104 cm³/mol. The van der Waals surface area contributed by atoms with Crippen molar-refractivity contribution in [3.63, 3.8) is 0 Å². The molecule has 1 N–H and O–H groups in total. The Hall–Kier alpha value is -2.34. The van der Waals surface area contributed by atoms with Gasteiger partial charge in [-0.25, -0.2) is 4.79 Å². The third-order valence-corrected chi connectivity index (χ3v) is 7.36. The summed E-state index contributed by atoms with van der Waals surface area (Å²) in [7, 11) is 1.45. The van der Waals surface area contributed by atoms with Crippen LogP contribution in [0.3, 0.4) is 0 Å². The molecule has 2 saturated heterocycles. The van der Waals surface area contributed by atoms with Gasteiger partial charge in [0.1, 0.15) is 6.10 Å². The summed E-state index contributed by atoms with van der Waals surface area (Å²) >= 11 is 0. The van der Waals surface area contributed by atoms with Crippen LogP contribution in [0.25, 0.3) is 0 Å². The van der Waals surface area contributed by atoms with Crippen molar-refractivity contribution < 1.29 is 19.1 Å². The van der Waals surface area contributed by atoms with Gasteiger partial charge in [-0.1, -0.05) is 18.2 Å². The molecule has 148 valence electrons. The van der Waals surface area contributed by atoms with Crippen molar-refractivity contribution in [2.24, 2.45) is 11.8 Å². The molecule has 3 heterocycles. The number of anilines is 1. The third kappa shape index (κ3) is 2.18. The van der Waals surface area contributed by atoms with Crippen molar-refractivity contribution in [1.82, 2.24) is 4.90 Å². The number of methoxy groups -OCH3 is 1. The molecule has 3 aliphatic heterocycles. The Kier molecular flexibility index (Phi) is 3.85. The summed E-state index contributed by atoms with van der Waals surface area (Å²) in [6.45, 7) is 5.20. The molecule has 5 atom stereocenters. The molecule has 1 aromatic rings. The highest BCUT2D eigenvalue weighted by Crippen LogP contribution is 2.61. The van der Waals surface area contributed by atoms with Gasteiger partial charge in [0.25, 0.3) is 0 Å². The van der Waals surface area contributed by atoms with Gasteiger partial charge < -0.3 is 14.8 Å². The van der Waals surface area contributed by atoms with E-state index in [0.717, 1.165) is 42.9 Å². The first-order valence-electron chi connectivity index (χ1n) is 10.1. The monoisotopic (exact) mass is 382 g/mol. The van der Waals surface area contributed by atoms with Crippen molar-refractivity contribution in [2.45, 2.75) is 44.2 Å². The van der Waals surface area contributed by atoms with Gasteiger partial charge in [0.2, 0.25) is 0 Å². The molecule has 0 radical (unpaired) electrons. The first-order chi connectivity index (χ1) is 13.5. The lowest BCUT2D eigenvalue weighted by Gasteiger charge is -2.51. The Morgan fingerprint density at radius 3 is 2.86 bits per heavy atom. The molecule has 6 heteroatoms. The molecule has 0 amide bonds. The highest BCUT2D eigenvalue weighted by molar-refractivity contribution is 5.93. The molecule has 6 nitrogen and oxygen atoms in total. The lowest BCUT2D eigenvalue weighted by atomic mass is 9.60. The minimum Gasteiger partial charge on any atom is -0.466 e. The average molecular weight is 382 g/mol. The Balaban J connectivity index is 1.68. The van der Waals surface area contributed by atoms with Gasteiger partial charge in [-0.2, -0.15) is 0 Å². The molecule has 0 saturated carbocycles. The molecule has 0 unspecified atom stereocenters. The maximum absolute atomic E-state index is 13.0. The summed E-state index contributed by atoms with van der Waals surface area (Å²) in [6.07, 6.45) is 1.62. The minimum absolute atomic E-state index is 0.0195. The number of hydrogen-bond acceptors (Lipinski definition) is 6. The number of piperidine rings is 1. The topological polar surface area (TPSA) is 67.9 Å². The quantitative estimate of drug-likeness (QED) is 0.810. The van der Waals surface area contributed by atoms with Crippen molar-refractivity contribution in [1.29, 1.82) is 0 Å². The number of nitrogens with one attached hydrogen (secondary N) is 1. The zero-order chi connectivity index (χ0) is 19.6. The van der Waals surface area contributed by atoms with Gasteiger partial charge >= 0.3 is 11.9 Å². The van der Waals surface area contributed by atoms with E-state index >= 15 is 0 Å². The van der Waals surface area contributed by atoms with Crippen LogP contribution in [0.15, 0.2) is 35.5 Å². The summed E-state index contributed by atoms with van der Waals surface area (Å²) in [5.74, 6) is -0.451. The smallest absolute Gasteiger partial charge is 0.335 e. The van der Waals surface area contributed by atoms with Crippen LogP contribution < -0.4 is 5.32 Å². The van der Waals surface area contributed by atoms with E-state index in [4.69, 9.17) is 9.47 Å². The summed E-state index contributed by atoms with van der Waals surface area (Å²) < 4.78 is 10.8. The zero-order valence-corrected chi connectivity index (χ0v) is 16.5. The molecule has 2 fully saturated rings. The molecular weight excluding hydrogens is 356 g/mol. The fraction of sp³-hybridized carbons (Fsp3) is 0.545. The molecule has 1 aliphatic carbocycles. The van der Waals surface area contributed by atoms with Crippen molar-refractivity contribution in [3.8, 4) is 0 Å². The number of benzene rings is 1. The van der Waals surface area contributed by atoms with Crippen LogP contribution >= 0.6 is 0 Å². The number of nitrogens with zero attached hydrogens (tertiary/aromatic N) is 1. The van der Waals surface area contributed by atoms with E-state index in [1.54, 1.807) is 0 Å². The van der Waals surface area contributed by atoms with Crippen molar-refractivity contribution in [2.75, 3.05) is 25.5 Å². The molecule has 0 aromatic heterocycles. The number of para-hydroxylation sites is 1. The van der Waals surface area contributed by atoms with E-state index in [0.29, 0.717) is 6.04 Å². The van der Waals surface area contributed by atoms with Gasteiger partial charge in [0, 0.05) is 42.7 Å². The van der Waals surface area contributed by atoms with Crippen LogP contribution in [0, 0.1) is 11.8 Å². The fourth-order valence-electron chi connectivity index (χ4n) is 6.32. The molecule has 2 bridgehead atoms. The minimum atomic E-state index is -0.278. The molecule has 28 heavy (non-hydrogen) atoms. The standard InChI is InChI=1S/C22H26N2O4/c1-12(28-13(2)25)15-11-24-9-8-22-16-6-4-5-7-17(16)23-20(22)19(21(26)27-3)14(15)10-18(22)24/h4-7,12,14-15,18,23H,8-11H2,1-3H3/t12-,14+,15-,18+,22-/m0/s1. The average Bonchev–Trinajstić information content (AvgIpc) is 3.23. The van der Waals surface area contributed by atoms with Crippen LogP contribution in [0.5, 0.6) is 0 Å². The van der Waals surface area contributed by atoms with E-state index in [2.05, 4.69) is 28.4 Å². The van der Waals surface area contributed by atoms with Crippen molar-refractivity contribution >= 4 is 17.6 Å². The van der Waals surface area contributed by atoms with Crippen LogP contribution in [-0.2, 0) is 24.5 Å². The van der Waals surface area contributed by atoms with E-state index < -0.39 is 0 Å². The molecule has 1 aromatic carbocycles. The van der Waals surface area contributed by atoms with E-state index in [9.17, 15) is 9.59 Å². The molecule has 5 rings (SSSR count). The first-order valence-corrected chi connectivity index (χ1v) is 10.1. The predicted octanol–water partition coefficient (Wildman–Crippen LogP) is 2.45. The largest absolute Gasteiger partial charge is 0.466 e. The zero-order valence-electron chi connectivity index (χ0n) is 16.5. The Bertz CT molecular complexity index is 894. The molecular formula is C22H26N2O4. The van der Waals surface area contributed by atoms with E-state index in [-0.39, 0.29) is 35.3 Å². The van der Waals surface area contributed by atoms with Crippen LogP contribution in [0.1, 0.15) is 32.3 Å². The highest BCUT2D eigenvalue weighted by atomic mass is 16.5. The second-order valence-corrected chi connectivity index (χ2v) is 8.50. The maximum atomic E-state index is 13.0. The fourth-order valence-corrected chi connectivity index (χ4v) is 6.32. The second-order valence-electron chi connectivity index (χ2n) is 8.50. The number of carbonyl (C=O) groups excluding carboxylic acids is 2. The third-order valence-electron chi connectivity index (χ3n) is 7.36. The van der Waals surface area contributed by atoms with Crippen LogP contribution in [-0.4, -0.2) is 49.2 Å². The normalized spacial score (nSPS) is 33.6. The van der Waals surface area contributed by atoms with Crippen molar-refractivity contribution in [3.05, 3.63) is 41.1 Å². The van der Waals surface area contributed by atoms with E-state index in [1.807, 2.05) is 13.0 Å². The van der Waals surface area contributed by atoms with Crippen LogP contribution in [0.2, 0.25) is 0 Å². The maximum Gasteiger partial charge on any atom is 0.335 e. The summed E-state index contributed by atoms with van der Waals surface area (Å²) in [6, 6.07) is 8.76. The summed E-state index contributed by atoms with van der Waals surface area (Å²) in [4.78, 5) is 27.1.